The lowest BCUT2D eigenvalue weighted by molar-refractivity contribution is 0.0635. The summed E-state index contributed by atoms with van der Waals surface area (Å²) in [4.78, 5) is 25.2. The van der Waals surface area contributed by atoms with E-state index in [0.29, 0.717) is 47.8 Å². The van der Waals surface area contributed by atoms with Gasteiger partial charge in [0.25, 0.3) is 0 Å². The number of hydrogen-bond donors (Lipinski definition) is 2. The Labute approximate surface area is 186 Å². The second-order valence-electron chi connectivity index (χ2n) is 8.04. The van der Waals surface area contributed by atoms with Crippen molar-refractivity contribution in [1.29, 1.82) is 0 Å². The average Bonchev–Trinajstić information content (AvgIpc) is 3.07. The molecule has 0 aliphatic rings. The van der Waals surface area contributed by atoms with Crippen molar-refractivity contribution in [3.63, 3.8) is 0 Å². The van der Waals surface area contributed by atoms with Gasteiger partial charge in [0.05, 0.1) is 23.7 Å². The van der Waals surface area contributed by atoms with E-state index in [2.05, 4.69) is 30.7 Å². The summed E-state index contributed by atoms with van der Waals surface area (Å²) in [6.07, 6.45) is 1.09. The number of aryl methyl sites for hydroxylation is 2. The van der Waals surface area contributed by atoms with Crippen LogP contribution in [0.5, 0.6) is 5.88 Å². The largest absolute Gasteiger partial charge is 0.478 e. The lowest BCUT2D eigenvalue weighted by Crippen LogP contribution is -2.27. The number of carbonyl (C=O) groups is 1. The Morgan fingerprint density at radius 1 is 1.12 bits per heavy atom. The Morgan fingerprint density at radius 3 is 2.59 bits per heavy atom. The van der Waals surface area contributed by atoms with Crippen LogP contribution in [0.25, 0.3) is 11.5 Å². The maximum Gasteiger partial charge on any atom is 0.412 e. The molecule has 0 saturated heterocycles. The van der Waals surface area contributed by atoms with Crippen molar-refractivity contribution in [3.8, 4) is 17.3 Å². The summed E-state index contributed by atoms with van der Waals surface area (Å²) in [7, 11) is 0. The molecule has 0 radical (unpaired) electrons. The third-order valence-corrected chi connectivity index (χ3v) is 4.28. The molecule has 0 atom stereocenters. The van der Waals surface area contributed by atoms with E-state index >= 15 is 0 Å². The number of hydrogen-bond acceptors (Lipinski definition) is 9. The Kier molecular flexibility index (Phi) is 6.92. The minimum Gasteiger partial charge on any atom is -0.478 e. The molecule has 0 bridgehead atoms. The summed E-state index contributed by atoms with van der Waals surface area (Å²) in [6.45, 7) is 11.9. The van der Waals surface area contributed by atoms with E-state index in [1.165, 1.54) is 0 Å². The van der Waals surface area contributed by atoms with Gasteiger partial charge in [-0.3, -0.25) is 5.32 Å². The number of nitrogens with zero attached hydrogens (tertiary/aromatic N) is 4. The SMILES string of the molecule is CCOc1ccnc(NCc2c(C)noc2-c2ccc(NC(=O)OC(C)(C)C)c(C)n2)n1. The second-order valence-corrected chi connectivity index (χ2v) is 8.04. The molecule has 3 heterocycles. The van der Waals surface area contributed by atoms with Gasteiger partial charge in [0.2, 0.25) is 11.8 Å². The van der Waals surface area contributed by atoms with E-state index in [1.807, 2.05) is 13.8 Å². The van der Waals surface area contributed by atoms with E-state index < -0.39 is 11.7 Å². The van der Waals surface area contributed by atoms with Gasteiger partial charge in [-0.1, -0.05) is 5.16 Å². The smallest absolute Gasteiger partial charge is 0.412 e. The van der Waals surface area contributed by atoms with Crippen molar-refractivity contribution in [2.24, 2.45) is 0 Å². The van der Waals surface area contributed by atoms with E-state index in [0.717, 1.165) is 11.3 Å². The van der Waals surface area contributed by atoms with Gasteiger partial charge in [-0.25, -0.2) is 14.8 Å². The molecule has 0 spiro atoms. The maximum absolute atomic E-state index is 12.1. The first kappa shape index (κ1) is 23.0. The number of anilines is 2. The molecule has 170 valence electrons. The van der Waals surface area contributed by atoms with Crippen molar-refractivity contribution in [2.75, 3.05) is 17.2 Å². The van der Waals surface area contributed by atoms with Gasteiger partial charge in [0.1, 0.15) is 11.3 Å². The Bertz CT molecular complexity index is 1090. The minimum atomic E-state index is -0.587. The summed E-state index contributed by atoms with van der Waals surface area (Å²) < 4.78 is 16.2. The molecule has 2 N–H and O–H groups in total. The summed E-state index contributed by atoms with van der Waals surface area (Å²) in [5, 5.41) is 9.97. The van der Waals surface area contributed by atoms with Gasteiger partial charge in [0, 0.05) is 24.4 Å². The van der Waals surface area contributed by atoms with Crippen molar-refractivity contribution in [1.82, 2.24) is 20.1 Å². The highest BCUT2D eigenvalue weighted by molar-refractivity contribution is 5.85. The van der Waals surface area contributed by atoms with Crippen LogP contribution in [0.15, 0.2) is 28.9 Å². The van der Waals surface area contributed by atoms with Gasteiger partial charge in [0.15, 0.2) is 5.76 Å². The standard InChI is InChI=1S/C22H28N6O4/c1-7-30-18-10-11-23-20(27-18)24-12-15-13(2)28-32-19(15)17-9-8-16(14(3)25-17)26-21(29)31-22(4,5)6/h8-11H,7,12H2,1-6H3,(H,26,29)(H,23,24,27). The van der Waals surface area contributed by atoms with E-state index in [1.54, 1.807) is 52.1 Å². The molecule has 10 nitrogen and oxygen atoms in total. The summed E-state index contributed by atoms with van der Waals surface area (Å²) in [5.41, 5.74) is 2.74. The maximum atomic E-state index is 12.1. The fourth-order valence-electron chi connectivity index (χ4n) is 2.85. The first-order chi connectivity index (χ1) is 15.2. The molecule has 3 rings (SSSR count). The highest BCUT2D eigenvalue weighted by Crippen LogP contribution is 2.27. The van der Waals surface area contributed by atoms with E-state index in [9.17, 15) is 4.79 Å². The number of aromatic nitrogens is 4. The minimum absolute atomic E-state index is 0.388. The number of nitrogens with one attached hydrogen (secondary N) is 2. The van der Waals surface area contributed by atoms with Crippen LogP contribution in [-0.2, 0) is 11.3 Å². The second kappa shape index (κ2) is 9.63. The summed E-state index contributed by atoms with van der Waals surface area (Å²) in [5.74, 6) is 1.46. The molecular weight excluding hydrogens is 412 g/mol. The third kappa shape index (κ3) is 5.93. The predicted octanol–water partition coefficient (Wildman–Crippen LogP) is 4.50. The molecule has 3 aromatic rings. The topological polar surface area (TPSA) is 124 Å². The number of rotatable bonds is 7. The van der Waals surface area contributed by atoms with Crippen molar-refractivity contribution in [2.45, 2.75) is 53.7 Å². The molecule has 0 unspecified atom stereocenters. The monoisotopic (exact) mass is 440 g/mol. The molecule has 3 aromatic heterocycles. The van der Waals surface area contributed by atoms with Crippen LogP contribution in [-0.4, -0.2) is 38.4 Å². The summed E-state index contributed by atoms with van der Waals surface area (Å²) in [6, 6.07) is 5.21. The molecule has 0 saturated carbocycles. The number of carbonyl (C=O) groups excluding carboxylic acids is 1. The molecule has 32 heavy (non-hydrogen) atoms. The molecular formula is C22H28N6O4. The molecule has 0 aliphatic carbocycles. The van der Waals surface area contributed by atoms with Crippen LogP contribution < -0.4 is 15.4 Å². The zero-order valence-corrected chi connectivity index (χ0v) is 19.1. The highest BCUT2D eigenvalue weighted by Gasteiger charge is 2.20. The van der Waals surface area contributed by atoms with E-state index in [-0.39, 0.29) is 0 Å². The van der Waals surface area contributed by atoms with Gasteiger partial charge in [-0.05, 0) is 53.7 Å². The Hall–Kier alpha value is -3.69. The van der Waals surface area contributed by atoms with Crippen molar-refractivity contribution < 1.29 is 18.8 Å². The van der Waals surface area contributed by atoms with Crippen molar-refractivity contribution in [3.05, 3.63) is 41.3 Å². The van der Waals surface area contributed by atoms with Gasteiger partial charge in [-0.15, -0.1) is 0 Å². The first-order valence-corrected chi connectivity index (χ1v) is 10.3. The van der Waals surface area contributed by atoms with E-state index in [4.69, 9.17) is 14.0 Å². The molecule has 0 aliphatic heterocycles. The quantitative estimate of drug-likeness (QED) is 0.546. The van der Waals surface area contributed by atoms with Crippen LogP contribution in [0.2, 0.25) is 0 Å². The highest BCUT2D eigenvalue weighted by atomic mass is 16.6. The van der Waals surface area contributed by atoms with Gasteiger partial charge >= 0.3 is 6.09 Å². The lowest BCUT2D eigenvalue weighted by atomic mass is 10.1. The van der Waals surface area contributed by atoms with Crippen molar-refractivity contribution >= 4 is 17.7 Å². The number of pyridine rings is 1. The average molecular weight is 441 g/mol. The van der Waals surface area contributed by atoms with Crippen LogP contribution >= 0.6 is 0 Å². The van der Waals surface area contributed by atoms with Crippen LogP contribution in [0.4, 0.5) is 16.4 Å². The predicted molar refractivity (Wildman–Crippen MR) is 120 cm³/mol. The van der Waals surface area contributed by atoms with Crippen LogP contribution in [0, 0.1) is 13.8 Å². The Morgan fingerprint density at radius 2 is 1.91 bits per heavy atom. The van der Waals surface area contributed by atoms with Crippen LogP contribution in [0.3, 0.4) is 0 Å². The fourth-order valence-corrected chi connectivity index (χ4v) is 2.85. The molecule has 0 fully saturated rings. The molecule has 10 heteroatoms. The molecule has 0 aromatic carbocycles. The fraction of sp³-hybridized carbons (Fsp3) is 0.409. The molecule has 1 amide bonds. The third-order valence-electron chi connectivity index (χ3n) is 4.28. The zero-order chi connectivity index (χ0) is 23.3. The number of amides is 1. The first-order valence-electron chi connectivity index (χ1n) is 10.3. The van der Waals surface area contributed by atoms with Crippen LogP contribution in [0.1, 0.15) is 44.6 Å². The summed E-state index contributed by atoms with van der Waals surface area (Å²) >= 11 is 0. The van der Waals surface area contributed by atoms with Gasteiger partial charge < -0.3 is 19.3 Å². The Balaban J connectivity index is 1.76. The number of ether oxygens (including phenoxy) is 2. The normalized spacial score (nSPS) is 11.2. The van der Waals surface area contributed by atoms with Gasteiger partial charge in [-0.2, -0.15) is 4.98 Å². The zero-order valence-electron chi connectivity index (χ0n) is 19.1. The lowest BCUT2D eigenvalue weighted by Gasteiger charge is -2.20.